The predicted molar refractivity (Wildman–Crippen MR) is 70.0 cm³/mol. The van der Waals surface area contributed by atoms with Crippen molar-refractivity contribution in [3.05, 3.63) is 0 Å². The Balaban J connectivity index is 2.21. The second-order valence-electron chi connectivity index (χ2n) is 5.97. The van der Waals surface area contributed by atoms with Gasteiger partial charge in [0.05, 0.1) is 0 Å². The van der Waals surface area contributed by atoms with Gasteiger partial charge < -0.3 is 0 Å². The van der Waals surface area contributed by atoms with Gasteiger partial charge in [0.2, 0.25) is 0 Å². The van der Waals surface area contributed by atoms with Crippen LogP contribution in [0.15, 0.2) is 0 Å². The molecular formula is C11H22INO2. The fourth-order valence-electron chi connectivity index (χ4n) is 2.95. The van der Waals surface area contributed by atoms with Crippen molar-refractivity contribution in [2.75, 3.05) is 12.0 Å². The van der Waals surface area contributed by atoms with Crippen LogP contribution in [0.2, 0.25) is 0 Å². The summed E-state index contributed by atoms with van der Waals surface area (Å²) in [4.78, 5) is 4.57. The van der Waals surface area contributed by atoms with E-state index in [2.05, 4.69) is 44.6 Å². The van der Waals surface area contributed by atoms with E-state index in [-0.39, 0.29) is 16.9 Å². The molecule has 0 aliphatic carbocycles. The quantitative estimate of drug-likeness (QED) is 0.504. The Morgan fingerprint density at radius 2 is 1.40 bits per heavy atom. The molecule has 2 heterocycles. The molecule has 0 aromatic carbocycles. The normalized spacial score (nSPS) is 35.2. The number of halogens is 1. The molecule has 3 nitrogen and oxygen atoms in total. The van der Waals surface area contributed by atoms with E-state index >= 15 is 0 Å². The standard InChI is InChI=1S/C11H22INO2/c1-9(2)7-11(14-12(5)15-11)8-10(3,4)13(9)6/h7-8H2,1-6H3. The van der Waals surface area contributed by atoms with Crippen molar-refractivity contribution in [3.8, 4) is 0 Å². The molecule has 2 rings (SSSR count). The molecule has 0 N–H and O–H groups in total. The Morgan fingerprint density at radius 1 is 1.00 bits per heavy atom. The van der Waals surface area contributed by atoms with Gasteiger partial charge in [-0.3, -0.25) is 0 Å². The van der Waals surface area contributed by atoms with Crippen LogP contribution in [0.25, 0.3) is 0 Å². The second-order valence-corrected chi connectivity index (χ2v) is 8.98. The van der Waals surface area contributed by atoms with Gasteiger partial charge in [-0.05, 0) is 0 Å². The van der Waals surface area contributed by atoms with E-state index in [0.717, 1.165) is 12.8 Å². The molecule has 90 valence electrons. The molecule has 2 saturated heterocycles. The van der Waals surface area contributed by atoms with Crippen molar-refractivity contribution < 1.29 is 6.13 Å². The second kappa shape index (κ2) is 3.31. The van der Waals surface area contributed by atoms with Gasteiger partial charge in [0.25, 0.3) is 0 Å². The third kappa shape index (κ3) is 1.94. The minimum atomic E-state index is -1.42. The maximum absolute atomic E-state index is 5.99. The van der Waals surface area contributed by atoms with Crippen LogP contribution in [0, 0.1) is 0 Å². The van der Waals surface area contributed by atoms with E-state index in [9.17, 15) is 0 Å². The average molecular weight is 327 g/mol. The molecule has 1 spiro atoms. The van der Waals surface area contributed by atoms with Gasteiger partial charge in [0.1, 0.15) is 0 Å². The van der Waals surface area contributed by atoms with Gasteiger partial charge in [-0.25, -0.2) is 0 Å². The number of rotatable bonds is 0. The summed E-state index contributed by atoms with van der Waals surface area (Å²) < 4.78 is 12.0. The van der Waals surface area contributed by atoms with Crippen molar-refractivity contribution >= 4 is 20.6 Å². The summed E-state index contributed by atoms with van der Waals surface area (Å²) in [5.74, 6) is -0.251. The Hall–Kier alpha value is 0.610. The molecule has 0 atom stereocenters. The first-order chi connectivity index (χ1) is 6.67. The summed E-state index contributed by atoms with van der Waals surface area (Å²) in [5.41, 5.74) is 0.304. The van der Waals surface area contributed by atoms with Crippen LogP contribution in [-0.4, -0.2) is 33.7 Å². The van der Waals surface area contributed by atoms with Crippen molar-refractivity contribution in [1.82, 2.24) is 4.90 Å². The van der Waals surface area contributed by atoms with Crippen molar-refractivity contribution in [3.63, 3.8) is 0 Å². The first kappa shape index (κ1) is 12.1. The number of hydrogen-bond donors (Lipinski definition) is 0. The van der Waals surface area contributed by atoms with E-state index in [4.69, 9.17) is 6.13 Å². The number of likely N-dealkylation sites (tertiary alicyclic amines) is 1. The van der Waals surface area contributed by atoms with Gasteiger partial charge in [0, 0.05) is 0 Å². The number of hydrogen-bond acceptors (Lipinski definition) is 3. The van der Waals surface area contributed by atoms with E-state index < -0.39 is 20.6 Å². The molecule has 0 amide bonds. The van der Waals surface area contributed by atoms with Gasteiger partial charge in [0.15, 0.2) is 0 Å². The zero-order valence-electron chi connectivity index (χ0n) is 10.6. The Morgan fingerprint density at radius 3 is 1.73 bits per heavy atom. The van der Waals surface area contributed by atoms with E-state index in [0.29, 0.717) is 0 Å². The third-order valence-electron chi connectivity index (χ3n) is 3.72. The van der Waals surface area contributed by atoms with Crippen LogP contribution >= 0.6 is 20.6 Å². The molecule has 2 aliphatic rings. The molecular weight excluding hydrogens is 305 g/mol. The van der Waals surface area contributed by atoms with Gasteiger partial charge in [-0.1, -0.05) is 0 Å². The molecule has 0 aromatic heterocycles. The predicted octanol–water partition coefficient (Wildman–Crippen LogP) is 2.98. The Kier molecular flexibility index (Phi) is 2.66. The van der Waals surface area contributed by atoms with E-state index in [1.165, 1.54) is 0 Å². The molecule has 4 heteroatoms. The average Bonchev–Trinajstić information content (AvgIpc) is 1.96. The Bertz CT molecular complexity index is 252. The van der Waals surface area contributed by atoms with Gasteiger partial charge in [-0.2, -0.15) is 0 Å². The topological polar surface area (TPSA) is 21.7 Å². The third-order valence-corrected chi connectivity index (χ3v) is 6.56. The van der Waals surface area contributed by atoms with E-state index in [1.54, 1.807) is 0 Å². The molecule has 0 unspecified atom stereocenters. The summed E-state index contributed by atoms with van der Waals surface area (Å²) in [6.07, 6.45) is 1.98. The van der Waals surface area contributed by atoms with Crippen molar-refractivity contribution in [2.45, 2.75) is 57.4 Å². The van der Waals surface area contributed by atoms with Crippen molar-refractivity contribution in [1.29, 1.82) is 0 Å². The molecule has 0 radical (unpaired) electrons. The number of nitrogens with zero attached hydrogens (tertiary/aromatic N) is 1. The first-order valence-electron chi connectivity index (χ1n) is 5.40. The fourth-order valence-corrected chi connectivity index (χ4v) is 5.86. The SMILES string of the molecule is CN1C(C)(C)CC2(CC1(C)C)OI(C)O2. The van der Waals surface area contributed by atoms with Crippen LogP contribution in [0.3, 0.4) is 0 Å². The van der Waals surface area contributed by atoms with Crippen LogP contribution in [-0.2, 0) is 6.13 Å². The zero-order valence-corrected chi connectivity index (χ0v) is 12.7. The van der Waals surface area contributed by atoms with Crippen LogP contribution < -0.4 is 0 Å². The fraction of sp³-hybridized carbons (Fsp3) is 1.00. The maximum atomic E-state index is 5.99. The van der Waals surface area contributed by atoms with Gasteiger partial charge in [-0.15, -0.1) is 0 Å². The summed E-state index contributed by atoms with van der Waals surface area (Å²) in [7, 11) is 2.20. The molecule has 2 aliphatic heterocycles. The zero-order chi connectivity index (χ0) is 11.5. The van der Waals surface area contributed by atoms with Crippen molar-refractivity contribution in [2.24, 2.45) is 0 Å². The Labute approximate surface area is 101 Å². The summed E-state index contributed by atoms with van der Waals surface area (Å²) in [6.45, 7) is 9.09. The molecule has 15 heavy (non-hydrogen) atoms. The summed E-state index contributed by atoms with van der Waals surface area (Å²) in [6, 6.07) is 0. The van der Waals surface area contributed by atoms with Crippen LogP contribution in [0.1, 0.15) is 40.5 Å². The number of piperidine rings is 1. The first-order valence-corrected chi connectivity index (χ1v) is 9.32. The number of alkyl halides is 1. The summed E-state index contributed by atoms with van der Waals surface area (Å²) >= 11 is -1.42. The molecule has 0 aromatic rings. The molecule has 0 saturated carbocycles. The summed E-state index contributed by atoms with van der Waals surface area (Å²) in [5, 5.41) is 0. The minimum absolute atomic E-state index is 0.152. The monoisotopic (exact) mass is 327 g/mol. The molecule has 2 fully saturated rings. The van der Waals surface area contributed by atoms with E-state index in [1.807, 2.05) is 0 Å². The van der Waals surface area contributed by atoms with Gasteiger partial charge >= 0.3 is 101 Å². The van der Waals surface area contributed by atoms with Crippen LogP contribution in [0.5, 0.6) is 0 Å². The van der Waals surface area contributed by atoms with Crippen LogP contribution in [0.4, 0.5) is 0 Å². The molecule has 0 bridgehead atoms.